The van der Waals surface area contributed by atoms with E-state index in [0.717, 1.165) is 37.1 Å². The van der Waals surface area contributed by atoms with E-state index in [1.165, 1.54) is 0 Å². The molecule has 1 aliphatic rings. The number of hydrogen-bond donors (Lipinski definition) is 3. The monoisotopic (exact) mass is 433 g/mol. The molecule has 28 heavy (non-hydrogen) atoms. The lowest BCUT2D eigenvalue weighted by Gasteiger charge is -2.37. The Labute approximate surface area is 174 Å². The topological polar surface area (TPSA) is 96.5 Å². The largest absolute Gasteiger partial charge is 0.384 e. The number of sulfonamides is 1. The van der Waals surface area contributed by atoms with Crippen LogP contribution in [0, 0.1) is 19.3 Å². The molecular formula is C19H32ClN3O4S. The summed E-state index contributed by atoms with van der Waals surface area (Å²) in [5, 5.41) is 6.25. The Morgan fingerprint density at radius 3 is 2.50 bits per heavy atom. The highest BCUT2D eigenvalue weighted by Gasteiger charge is 2.32. The van der Waals surface area contributed by atoms with Crippen LogP contribution < -0.4 is 15.4 Å². The normalized spacial score (nSPS) is 16.2. The summed E-state index contributed by atoms with van der Waals surface area (Å²) in [5.74, 6) is -0.160. The predicted octanol–water partition coefficient (Wildman–Crippen LogP) is 1.53. The maximum atomic E-state index is 12.4. The molecule has 0 radical (unpaired) electrons. The van der Waals surface area contributed by atoms with Crippen LogP contribution in [0.1, 0.15) is 30.4 Å². The number of hydrogen-bond acceptors (Lipinski definition) is 5. The van der Waals surface area contributed by atoms with Crippen molar-refractivity contribution in [2.45, 2.75) is 38.0 Å². The molecule has 7 nitrogen and oxygen atoms in total. The number of aryl methyl sites for hydroxylation is 2. The predicted molar refractivity (Wildman–Crippen MR) is 112 cm³/mol. The highest BCUT2D eigenvalue weighted by molar-refractivity contribution is 7.89. The molecule has 3 N–H and O–H groups in total. The molecule has 160 valence electrons. The van der Waals surface area contributed by atoms with Gasteiger partial charge in [0.15, 0.2) is 0 Å². The lowest BCUT2D eigenvalue weighted by atomic mass is 9.79. The number of piperidine rings is 1. The average molecular weight is 434 g/mol. The molecule has 1 aromatic carbocycles. The Morgan fingerprint density at radius 2 is 1.89 bits per heavy atom. The summed E-state index contributed by atoms with van der Waals surface area (Å²) in [7, 11) is -1.94. The quantitative estimate of drug-likeness (QED) is 0.548. The van der Waals surface area contributed by atoms with Gasteiger partial charge in [0.25, 0.3) is 0 Å². The molecule has 0 bridgehead atoms. The van der Waals surface area contributed by atoms with Crippen LogP contribution >= 0.6 is 12.4 Å². The first-order valence-electron chi connectivity index (χ1n) is 9.31. The van der Waals surface area contributed by atoms with Crippen LogP contribution in [0.3, 0.4) is 0 Å². The van der Waals surface area contributed by atoms with Crippen LogP contribution in [0.25, 0.3) is 0 Å². The number of halogens is 1. The summed E-state index contributed by atoms with van der Waals surface area (Å²) in [6.45, 7) is 6.85. The summed E-state index contributed by atoms with van der Waals surface area (Å²) < 4.78 is 32.5. The molecule has 1 fully saturated rings. The van der Waals surface area contributed by atoms with Gasteiger partial charge >= 0.3 is 0 Å². The first-order valence-corrected chi connectivity index (χ1v) is 10.8. The number of amides is 1. The molecule has 1 aromatic rings. The van der Waals surface area contributed by atoms with E-state index in [2.05, 4.69) is 15.4 Å². The Morgan fingerprint density at radius 1 is 1.21 bits per heavy atom. The van der Waals surface area contributed by atoms with Gasteiger partial charge in [-0.3, -0.25) is 4.79 Å². The van der Waals surface area contributed by atoms with Crippen LogP contribution in [0.2, 0.25) is 0 Å². The van der Waals surface area contributed by atoms with E-state index in [1.54, 1.807) is 25.3 Å². The highest BCUT2D eigenvalue weighted by Crippen LogP contribution is 2.28. The highest BCUT2D eigenvalue weighted by atomic mass is 35.5. The molecule has 0 aromatic heterocycles. The van der Waals surface area contributed by atoms with Crippen molar-refractivity contribution >= 4 is 28.3 Å². The summed E-state index contributed by atoms with van der Waals surface area (Å²) in [6.07, 6.45) is 1.99. The van der Waals surface area contributed by atoms with Gasteiger partial charge in [-0.15, -0.1) is 12.4 Å². The van der Waals surface area contributed by atoms with E-state index in [-0.39, 0.29) is 41.6 Å². The maximum absolute atomic E-state index is 12.4. The van der Waals surface area contributed by atoms with Gasteiger partial charge in [0.1, 0.15) is 0 Å². The number of methoxy groups -OCH3 is 1. The lowest BCUT2D eigenvalue weighted by molar-refractivity contribution is -0.121. The third kappa shape index (κ3) is 7.00. The summed E-state index contributed by atoms with van der Waals surface area (Å²) in [6, 6.07) is 5.00. The van der Waals surface area contributed by atoms with Crippen LogP contribution in [0.15, 0.2) is 23.1 Å². The molecule has 2 rings (SSSR count). The SMILES string of the molecule is COCC1(CNC(=O)CCNS(=O)(=O)c2ccc(C)c(C)c2)CCNCC1.Cl. The number of carbonyl (C=O) groups excluding carboxylic acids is 1. The van der Waals surface area contributed by atoms with E-state index in [9.17, 15) is 13.2 Å². The number of nitrogens with one attached hydrogen (secondary N) is 3. The molecule has 0 saturated carbocycles. The molecule has 0 unspecified atom stereocenters. The Kier molecular flexibility index (Phi) is 9.86. The van der Waals surface area contributed by atoms with Crippen molar-refractivity contribution in [2.75, 3.05) is 39.9 Å². The van der Waals surface area contributed by atoms with Gasteiger partial charge < -0.3 is 15.4 Å². The smallest absolute Gasteiger partial charge is 0.240 e. The second-order valence-electron chi connectivity index (χ2n) is 7.35. The van der Waals surface area contributed by atoms with Gasteiger partial charge in [-0.2, -0.15) is 0 Å². The van der Waals surface area contributed by atoms with Gasteiger partial charge in [-0.05, 0) is 63.0 Å². The summed E-state index contributed by atoms with van der Waals surface area (Å²) in [5.41, 5.74) is 1.91. The number of rotatable bonds is 9. The zero-order chi connectivity index (χ0) is 19.9. The number of carbonyl (C=O) groups is 1. The van der Waals surface area contributed by atoms with Crippen molar-refractivity contribution in [1.29, 1.82) is 0 Å². The third-order valence-corrected chi connectivity index (χ3v) is 6.67. The van der Waals surface area contributed by atoms with Crippen LogP contribution in [-0.2, 0) is 19.6 Å². The van der Waals surface area contributed by atoms with Gasteiger partial charge in [0.05, 0.1) is 11.5 Å². The van der Waals surface area contributed by atoms with Crippen molar-refractivity contribution in [1.82, 2.24) is 15.4 Å². The zero-order valence-electron chi connectivity index (χ0n) is 16.8. The standard InChI is InChI=1S/C19H31N3O4S.ClH/c1-15-4-5-17(12-16(15)2)27(24,25)22-9-6-18(23)21-13-19(14-26-3)7-10-20-11-8-19;/h4-5,12,20,22H,6-11,13-14H2,1-3H3,(H,21,23);1H. The molecule has 1 saturated heterocycles. The number of ether oxygens (including phenoxy) is 1. The van der Waals surface area contributed by atoms with Crippen molar-refractivity contribution in [3.63, 3.8) is 0 Å². The fourth-order valence-corrected chi connectivity index (χ4v) is 4.39. The van der Waals surface area contributed by atoms with E-state index in [4.69, 9.17) is 4.74 Å². The molecule has 0 atom stereocenters. The average Bonchev–Trinajstić information content (AvgIpc) is 2.63. The first-order chi connectivity index (χ1) is 12.8. The lowest BCUT2D eigenvalue weighted by Crippen LogP contribution is -2.47. The zero-order valence-corrected chi connectivity index (χ0v) is 18.5. The second-order valence-corrected chi connectivity index (χ2v) is 9.12. The minimum atomic E-state index is -3.61. The fourth-order valence-electron chi connectivity index (χ4n) is 3.27. The van der Waals surface area contributed by atoms with Gasteiger partial charge in [0.2, 0.25) is 15.9 Å². The van der Waals surface area contributed by atoms with Crippen molar-refractivity contribution in [2.24, 2.45) is 5.41 Å². The van der Waals surface area contributed by atoms with Crippen LogP contribution in [-0.4, -0.2) is 54.2 Å². The van der Waals surface area contributed by atoms with Crippen molar-refractivity contribution < 1.29 is 17.9 Å². The molecule has 1 amide bonds. The van der Waals surface area contributed by atoms with E-state index in [0.29, 0.717) is 13.2 Å². The molecule has 1 heterocycles. The number of benzene rings is 1. The summed E-state index contributed by atoms with van der Waals surface area (Å²) >= 11 is 0. The molecule has 9 heteroatoms. The van der Waals surface area contributed by atoms with Gasteiger partial charge in [0, 0.05) is 32.0 Å². The second kappa shape index (κ2) is 11.1. The summed E-state index contributed by atoms with van der Waals surface area (Å²) in [4.78, 5) is 12.4. The van der Waals surface area contributed by atoms with E-state index in [1.807, 2.05) is 13.8 Å². The third-order valence-electron chi connectivity index (χ3n) is 5.21. The van der Waals surface area contributed by atoms with E-state index < -0.39 is 10.0 Å². The molecular weight excluding hydrogens is 402 g/mol. The van der Waals surface area contributed by atoms with Crippen LogP contribution in [0.5, 0.6) is 0 Å². The fraction of sp³-hybridized carbons (Fsp3) is 0.632. The molecule has 0 spiro atoms. The minimum absolute atomic E-state index is 0. The maximum Gasteiger partial charge on any atom is 0.240 e. The van der Waals surface area contributed by atoms with Crippen LogP contribution in [0.4, 0.5) is 0 Å². The minimum Gasteiger partial charge on any atom is -0.384 e. The van der Waals surface area contributed by atoms with E-state index >= 15 is 0 Å². The van der Waals surface area contributed by atoms with Crippen molar-refractivity contribution in [3.05, 3.63) is 29.3 Å². The molecule has 0 aliphatic carbocycles. The van der Waals surface area contributed by atoms with Gasteiger partial charge in [-0.25, -0.2) is 13.1 Å². The Hall–Kier alpha value is -1.19. The molecule has 1 aliphatic heterocycles. The van der Waals surface area contributed by atoms with Crippen molar-refractivity contribution in [3.8, 4) is 0 Å². The Balaban J connectivity index is 0.00000392. The van der Waals surface area contributed by atoms with Gasteiger partial charge in [-0.1, -0.05) is 6.07 Å². The Bertz CT molecular complexity index is 744. The first kappa shape index (κ1) is 24.8.